The first kappa shape index (κ1) is 12.6. The molecule has 1 unspecified atom stereocenters. The molecule has 1 aliphatic heterocycles. The van der Waals surface area contributed by atoms with Crippen molar-refractivity contribution >= 4 is 0 Å². The fraction of sp³-hybridized carbons (Fsp3) is 0.571. The third-order valence-corrected chi connectivity index (χ3v) is 3.31. The first-order valence-electron chi connectivity index (χ1n) is 6.35. The normalized spacial score (nSPS) is 19.7. The molecule has 1 atom stereocenters. The molecule has 0 amide bonds. The summed E-state index contributed by atoms with van der Waals surface area (Å²) < 4.78 is 5.66. The van der Waals surface area contributed by atoms with Gasteiger partial charge in [0, 0.05) is 6.61 Å². The lowest BCUT2D eigenvalue weighted by atomic mass is 10.1. The Hall–Kier alpha value is -0.900. The first-order valence-corrected chi connectivity index (χ1v) is 6.35. The van der Waals surface area contributed by atoms with Crippen LogP contribution in [0.3, 0.4) is 0 Å². The summed E-state index contributed by atoms with van der Waals surface area (Å²) in [5.41, 5.74) is 2.12. The molecule has 1 saturated heterocycles. The third-order valence-electron chi connectivity index (χ3n) is 3.31. The molecule has 94 valence electrons. The second kappa shape index (κ2) is 6.74. The smallest absolute Gasteiger partial charge is 0.0716 e. The Bertz CT molecular complexity index is 317. The number of aliphatic hydroxyl groups is 1. The summed E-state index contributed by atoms with van der Waals surface area (Å²) in [6.07, 6.45) is 2.44. The number of hydrogen-bond acceptors (Lipinski definition) is 3. The van der Waals surface area contributed by atoms with Crippen LogP contribution in [0.1, 0.15) is 24.0 Å². The molecule has 17 heavy (non-hydrogen) atoms. The minimum atomic E-state index is 0.107. The Morgan fingerprint density at radius 3 is 2.65 bits per heavy atom. The van der Waals surface area contributed by atoms with Crippen LogP contribution in [0.15, 0.2) is 24.3 Å². The van der Waals surface area contributed by atoms with E-state index >= 15 is 0 Å². The van der Waals surface area contributed by atoms with Crippen molar-refractivity contribution in [2.75, 3.05) is 19.7 Å². The summed E-state index contributed by atoms with van der Waals surface area (Å²) in [4.78, 5) is 0. The molecule has 0 aliphatic carbocycles. The SMILES string of the molecule is OCc1ccc(COCCC2CCNC2)cc1. The molecular formula is C14H21NO2. The van der Waals surface area contributed by atoms with Gasteiger partial charge in [-0.3, -0.25) is 0 Å². The zero-order chi connectivity index (χ0) is 11.9. The van der Waals surface area contributed by atoms with Crippen LogP contribution in [0.5, 0.6) is 0 Å². The van der Waals surface area contributed by atoms with Gasteiger partial charge in [-0.25, -0.2) is 0 Å². The van der Waals surface area contributed by atoms with Gasteiger partial charge in [-0.15, -0.1) is 0 Å². The van der Waals surface area contributed by atoms with Gasteiger partial charge in [0.25, 0.3) is 0 Å². The van der Waals surface area contributed by atoms with Gasteiger partial charge in [0.15, 0.2) is 0 Å². The van der Waals surface area contributed by atoms with Crippen LogP contribution in [0.4, 0.5) is 0 Å². The van der Waals surface area contributed by atoms with Crippen LogP contribution >= 0.6 is 0 Å². The number of aliphatic hydroxyl groups excluding tert-OH is 1. The standard InChI is InChI=1S/C14H21NO2/c16-10-13-1-3-14(4-2-13)11-17-8-6-12-5-7-15-9-12/h1-4,12,15-16H,5-11H2. The van der Waals surface area contributed by atoms with Crippen molar-refractivity contribution in [2.24, 2.45) is 5.92 Å². The van der Waals surface area contributed by atoms with Crippen molar-refractivity contribution in [3.05, 3.63) is 35.4 Å². The third kappa shape index (κ3) is 4.11. The second-order valence-electron chi connectivity index (χ2n) is 4.67. The van der Waals surface area contributed by atoms with Gasteiger partial charge in [0.2, 0.25) is 0 Å². The Balaban J connectivity index is 1.63. The van der Waals surface area contributed by atoms with Gasteiger partial charge < -0.3 is 15.2 Å². The van der Waals surface area contributed by atoms with Crippen LogP contribution in [0.2, 0.25) is 0 Å². The molecule has 0 radical (unpaired) electrons. The zero-order valence-corrected chi connectivity index (χ0v) is 10.2. The fourth-order valence-electron chi connectivity index (χ4n) is 2.14. The van der Waals surface area contributed by atoms with Gasteiger partial charge in [0.1, 0.15) is 0 Å². The van der Waals surface area contributed by atoms with Crippen molar-refractivity contribution in [3.63, 3.8) is 0 Å². The Morgan fingerprint density at radius 1 is 1.24 bits per heavy atom. The van der Waals surface area contributed by atoms with E-state index in [2.05, 4.69) is 5.32 Å². The summed E-state index contributed by atoms with van der Waals surface area (Å²) in [7, 11) is 0. The van der Waals surface area contributed by atoms with Gasteiger partial charge >= 0.3 is 0 Å². The van der Waals surface area contributed by atoms with E-state index < -0.39 is 0 Å². The fourth-order valence-corrected chi connectivity index (χ4v) is 2.14. The Labute approximate surface area is 103 Å². The molecule has 0 bridgehead atoms. The van der Waals surface area contributed by atoms with E-state index in [1.165, 1.54) is 12.0 Å². The molecule has 3 nitrogen and oxygen atoms in total. The maximum absolute atomic E-state index is 8.93. The van der Waals surface area contributed by atoms with Crippen LogP contribution in [0.25, 0.3) is 0 Å². The highest BCUT2D eigenvalue weighted by Crippen LogP contribution is 2.12. The highest BCUT2D eigenvalue weighted by molar-refractivity contribution is 5.21. The van der Waals surface area contributed by atoms with E-state index in [9.17, 15) is 0 Å². The average molecular weight is 235 g/mol. The summed E-state index contributed by atoms with van der Waals surface area (Å²) in [5, 5.41) is 12.3. The molecule has 3 heteroatoms. The minimum absolute atomic E-state index is 0.107. The van der Waals surface area contributed by atoms with Gasteiger partial charge in [-0.1, -0.05) is 24.3 Å². The molecule has 0 aromatic heterocycles. The number of nitrogens with one attached hydrogen (secondary N) is 1. The van der Waals surface area contributed by atoms with Crippen molar-refractivity contribution in [1.82, 2.24) is 5.32 Å². The van der Waals surface area contributed by atoms with E-state index in [0.717, 1.165) is 37.6 Å². The van der Waals surface area contributed by atoms with Gasteiger partial charge in [-0.2, -0.15) is 0 Å². The first-order chi connectivity index (χ1) is 8.38. The van der Waals surface area contributed by atoms with Crippen LogP contribution in [-0.2, 0) is 18.0 Å². The highest BCUT2D eigenvalue weighted by atomic mass is 16.5. The second-order valence-corrected chi connectivity index (χ2v) is 4.67. The molecule has 0 saturated carbocycles. The summed E-state index contributed by atoms with van der Waals surface area (Å²) in [5.74, 6) is 0.798. The maximum atomic E-state index is 8.93. The Kier molecular flexibility index (Phi) is 4.98. The number of ether oxygens (including phenoxy) is 1. The maximum Gasteiger partial charge on any atom is 0.0716 e. The summed E-state index contributed by atoms with van der Waals surface area (Å²) in [6, 6.07) is 7.92. The lowest BCUT2D eigenvalue weighted by Gasteiger charge is -2.09. The molecule has 2 rings (SSSR count). The lowest BCUT2D eigenvalue weighted by Crippen LogP contribution is -2.10. The lowest BCUT2D eigenvalue weighted by molar-refractivity contribution is 0.109. The topological polar surface area (TPSA) is 41.5 Å². The minimum Gasteiger partial charge on any atom is -0.392 e. The largest absolute Gasteiger partial charge is 0.392 e. The molecule has 1 aromatic carbocycles. The van der Waals surface area contributed by atoms with Crippen LogP contribution < -0.4 is 5.32 Å². The summed E-state index contributed by atoms with van der Waals surface area (Å²) in [6.45, 7) is 3.93. The molecule has 1 aromatic rings. The predicted octanol–water partition coefficient (Wildman–Crippen LogP) is 1.70. The molecule has 0 spiro atoms. The number of hydrogen-bond donors (Lipinski definition) is 2. The predicted molar refractivity (Wildman–Crippen MR) is 67.6 cm³/mol. The van der Waals surface area contributed by atoms with Gasteiger partial charge in [0.05, 0.1) is 13.2 Å². The summed E-state index contributed by atoms with van der Waals surface area (Å²) >= 11 is 0. The van der Waals surface area contributed by atoms with Crippen LogP contribution in [0, 0.1) is 5.92 Å². The molecule has 1 aliphatic rings. The number of benzene rings is 1. The van der Waals surface area contributed by atoms with E-state index in [1.807, 2.05) is 24.3 Å². The van der Waals surface area contributed by atoms with Gasteiger partial charge in [-0.05, 0) is 43.0 Å². The highest BCUT2D eigenvalue weighted by Gasteiger charge is 2.13. The van der Waals surface area contributed by atoms with Crippen LogP contribution in [-0.4, -0.2) is 24.8 Å². The monoisotopic (exact) mass is 235 g/mol. The zero-order valence-electron chi connectivity index (χ0n) is 10.2. The quantitative estimate of drug-likeness (QED) is 0.737. The van der Waals surface area contributed by atoms with Crippen molar-refractivity contribution < 1.29 is 9.84 Å². The van der Waals surface area contributed by atoms with E-state index in [4.69, 9.17) is 9.84 Å². The van der Waals surface area contributed by atoms with Crippen molar-refractivity contribution in [1.29, 1.82) is 0 Å². The molecule has 1 heterocycles. The molecular weight excluding hydrogens is 214 g/mol. The van der Waals surface area contributed by atoms with Crippen molar-refractivity contribution in [2.45, 2.75) is 26.1 Å². The molecule has 1 fully saturated rings. The van der Waals surface area contributed by atoms with Crippen molar-refractivity contribution in [3.8, 4) is 0 Å². The Morgan fingerprint density at radius 2 is 2.00 bits per heavy atom. The average Bonchev–Trinajstić information content (AvgIpc) is 2.88. The number of rotatable bonds is 6. The van der Waals surface area contributed by atoms with E-state index in [0.29, 0.717) is 6.61 Å². The molecule has 2 N–H and O–H groups in total. The van der Waals surface area contributed by atoms with E-state index in [-0.39, 0.29) is 6.61 Å². The van der Waals surface area contributed by atoms with E-state index in [1.54, 1.807) is 0 Å².